The molecule has 3 heteroatoms. The minimum absolute atomic E-state index is 0.969. The van der Waals surface area contributed by atoms with Crippen LogP contribution < -0.4 is 5.32 Å². The number of hydrogen-bond donors (Lipinski definition) is 1. The summed E-state index contributed by atoms with van der Waals surface area (Å²) in [6.07, 6.45) is 7.74. The van der Waals surface area contributed by atoms with Crippen LogP contribution in [0, 0.1) is 0 Å². The van der Waals surface area contributed by atoms with Crippen LogP contribution in [-0.2, 0) is 0 Å². The zero-order valence-electron chi connectivity index (χ0n) is 9.51. The third-order valence-electron chi connectivity index (χ3n) is 3.43. The Balaban J connectivity index is 2.20. The van der Waals surface area contributed by atoms with Gasteiger partial charge in [-0.2, -0.15) is 0 Å². The summed E-state index contributed by atoms with van der Waals surface area (Å²) < 4.78 is 0. The van der Waals surface area contributed by atoms with E-state index in [0.717, 1.165) is 4.99 Å². The second-order valence-corrected chi connectivity index (χ2v) is 4.81. The van der Waals surface area contributed by atoms with E-state index >= 15 is 0 Å². The van der Waals surface area contributed by atoms with E-state index in [1.54, 1.807) is 0 Å². The molecule has 0 atom stereocenters. The lowest BCUT2D eigenvalue weighted by molar-refractivity contribution is 0.389. The maximum Gasteiger partial charge on any atom is 0.103 e. The highest BCUT2D eigenvalue weighted by Gasteiger charge is 2.22. The second kappa shape index (κ2) is 4.97. The van der Waals surface area contributed by atoms with Gasteiger partial charge in [-0.3, -0.25) is 0 Å². The molecule has 1 fully saturated rings. The van der Waals surface area contributed by atoms with Crippen molar-refractivity contribution >= 4 is 17.2 Å². The van der Waals surface area contributed by atoms with Gasteiger partial charge < -0.3 is 10.2 Å². The number of likely N-dealkylation sites (tertiary alicyclic amines) is 1. The van der Waals surface area contributed by atoms with E-state index in [0.29, 0.717) is 0 Å². The maximum atomic E-state index is 5.39. The van der Waals surface area contributed by atoms with Crippen LogP contribution >= 0.6 is 12.2 Å². The molecule has 84 valence electrons. The Morgan fingerprint density at radius 3 is 2.47 bits per heavy atom. The summed E-state index contributed by atoms with van der Waals surface area (Å²) in [5, 5.41) is 3.14. The predicted molar refractivity (Wildman–Crippen MR) is 68.0 cm³/mol. The van der Waals surface area contributed by atoms with Crippen molar-refractivity contribution < 1.29 is 0 Å². The van der Waals surface area contributed by atoms with Gasteiger partial charge in [0.15, 0.2) is 0 Å². The highest BCUT2D eigenvalue weighted by molar-refractivity contribution is 7.80. The van der Waals surface area contributed by atoms with Gasteiger partial charge in [0.1, 0.15) is 4.99 Å². The van der Waals surface area contributed by atoms with Crippen LogP contribution in [0.2, 0.25) is 0 Å². The summed E-state index contributed by atoms with van der Waals surface area (Å²) in [6, 6.07) is 0. The molecule has 0 aromatic heterocycles. The average Bonchev–Trinajstić information content (AvgIpc) is 2.81. The number of allylic oxidation sites excluding steroid dienone is 1. The fourth-order valence-corrected chi connectivity index (χ4v) is 2.84. The molecule has 2 rings (SSSR count). The van der Waals surface area contributed by atoms with Crippen molar-refractivity contribution in [1.29, 1.82) is 0 Å². The van der Waals surface area contributed by atoms with Gasteiger partial charge in [0, 0.05) is 31.4 Å². The van der Waals surface area contributed by atoms with Gasteiger partial charge in [0.25, 0.3) is 0 Å². The first-order valence-electron chi connectivity index (χ1n) is 6.02. The van der Waals surface area contributed by atoms with Gasteiger partial charge in [-0.15, -0.1) is 0 Å². The van der Waals surface area contributed by atoms with Crippen LogP contribution in [-0.4, -0.2) is 30.0 Å². The van der Waals surface area contributed by atoms with Crippen LogP contribution in [0.3, 0.4) is 0 Å². The average molecular weight is 224 g/mol. The Bertz CT molecular complexity index is 277. The van der Waals surface area contributed by atoms with Crippen molar-refractivity contribution in [3.63, 3.8) is 0 Å². The normalized spacial score (nSPS) is 22.1. The fourth-order valence-electron chi connectivity index (χ4n) is 2.62. The highest BCUT2D eigenvalue weighted by Crippen LogP contribution is 2.30. The van der Waals surface area contributed by atoms with Crippen molar-refractivity contribution in [1.82, 2.24) is 10.2 Å². The molecule has 1 aliphatic carbocycles. The summed E-state index contributed by atoms with van der Waals surface area (Å²) in [7, 11) is 1.94. The van der Waals surface area contributed by atoms with Crippen LogP contribution in [0.5, 0.6) is 0 Å². The molecule has 1 aliphatic heterocycles. The zero-order valence-corrected chi connectivity index (χ0v) is 10.3. The Hall–Kier alpha value is -0.570. The van der Waals surface area contributed by atoms with Crippen LogP contribution in [0.15, 0.2) is 11.3 Å². The number of rotatable bonds is 2. The van der Waals surface area contributed by atoms with Crippen molar-refractivity contribution in [2.45, 2.75) is 38.5 Å². The summed E-state index contributed by atoms with van der Waals surface area (Å²) in [5.74, 6) is 0. The topological polar surface area (TPSA) is 15.3 Å². The lowest BCUT2D eigenvalue weighted by Crippen LogP contribution is -2.28. The molecule has 0 bridgehead atoms. The molecular formula is C12H20N2S. The predicted octanol–water partition coefficient (Wildman–Crippen LogP) is 2.46. The van der Waals surface area contributed by atoms with Gasteiger partial charge in [0.2, 0.25) is 0 Å². The summed E-state index contributed by atoms with van der Waals surface area (Å²) in [5.41, 5.74) is 2.96. The summed E-state index contributed by atoms with van der Waals surface area (Å²) in [4.78, 5) is 3.52. The van der Waals surface area contributed by atoms with E-state index in [4.69, 9.17) is 12.2 Å². The van der Waals surface area contributed by atoms with Crippen molar-refractivity contribution in [3.8, 4) is 0 Å². The molecule has 2 nitrogen and oxygen atoms in total. The van der Waals surface area contributed by atoms with Crippen molar-refractivity contribution in [2.24, 2.45) is 0 Å². The van der Waals surface area contributed by atoms with E-state index in [-0.39, 0.29) is 0 Å². The SMILES string of the molecule is CNC(=S)C1=C(N2CCCC2)CCCC1. The fraction of sp³-hybridized carbons (Fsp3) is 0.750. The molecule has 2 aliphatic rings. The Morgan fingerprint density at radius 2 is 1.80 bits per heavy atom. The molecule has 15 heavy (non-hydrogen) atoms. The summed E-state index contributed by atoms with van der Waals surface area (Å²) in [6.45, 7) is 2.48. The van der Waals surface area contributed by atoms with Crippen LogP contribution in [0.4, 0.5) is 0 Å². The molecule has 0 amide bonds. The molecule has 0 saturated carbocycles. The smallest absolute Gasteiger partial charge is 0.103 e. The standard InChI is InChI=1S/C12H20N2S/c1-13-12(15)10-6-2-3-7-11(10)14-8-4-5-9-14/h2-9H2,1H3,(H,13,15). The minimum Gasteiger partial charge on any atom is -0.379 e. The van der Waals surface area contributed by atoms with E-state index in [9.17, 15) is 0 Å². The highest BCUT2D eigenvalue weighted by atomic mass is 32.1. The zero-order chi connectivity index (χ0) is 10.7. The number of nitrogens with zero attached hydrogens (tertiary/aromatic N) is 1. The molecule has 1 saturated heterocycles. The van der Waals surface area contributed by atoms with Gasteiger partial charge >= 0.3 is 0 Å². The lowest BCUT2D eigenvalue weighted by Gasteiger charge is -2.29. The lowest BCUT2D eigenvalue weighted by atomic mass is 9.95. The molecule has 0 unspecified atom stereocenters. The molecule has 0 spiro atoms. The molecule has 0 aromatic carbocycles. The first-order valence-corrected chi connectivity index (χ1v) is 6.43. The summed E-state index contributed by atoms with van der Waals surface area (Å²) >= 11 is 5.39. The first-order chi connectivity index (χ1) is 7.33. The van der Waals surface area contributed by atoms with E-state index in [1.165, 1.54) is 62.9 Å². The number of likely N-dealkylation sites (N-methyl/N-ethyl adjacent to an activating group) is 1. The van der Waals surface area contributed by atoms with E-state index in [1.807, 2.05) is 7.05 Å². The molecule has 1 N–H and O–H groups in total. The van der Waals surface area contributed by atoms with E-state index in [2.05, 4.69) is 10.2 Å². The molecule has 0 aromatic rings. The largest absolute Gasteiger partial charge is 0.379 e. The third-order valence-corrected chi connectivity index (χ3v) is 3.88. The minimum atomic E-state index is 0.969. The van der Waals surface area contributed by atoms with Gasteiger partial charge in [-0.25, -0.2) is 0 Å². The quantitative estimate of drug-likeness (QED) is 0.725. The second-order valence-electron chi connectivity index (χ2n) is 4.41. The van der Waals surface area contributed by atoms with Gasteiger partial charge in [-0.05, 0) is 38.5 Å². The van der Waals surface area contributed by atoms with Crippen molar-refractivity contribution in [3.05, 3.63) is 11.3 Å². The number of hydrogen-bond acceptors (Lipinski definition) is 2. The van der Waals surface area contributed by atoms with Crippen LogP contribution in [0.25, 0.3) is 0 Å². The first kappa shape index (κ1) is 10.9. The Kier molecular flexibility index (Phi) is 3.62. The Morgan fingerprint density at radius 1 is 1.13 bits per heavy atom. The Labute approximate surface area is 97.7 Å². The molecule has 1 heterocycles. The van der Waals surface area contributed by atoms with E-state index < -0.39 is 0 Å². The molecular weight excluding hydrogens is 204 g/mol. The van der Waals surface area contributed by atoms with Crippen LogP contribution in [0.1, 0.15) is 38.5 Å². The van der Waals surface area contributed by atoms with Gasteiger partial charge in [-0.1, -0.05) is 12.2 Å². The number of nitrogens with one attached hydrogen (secondary N) is 1. The number of thiocarbonyl (C=S) groups is 1. The van der Waals surface area contributed by atoms with Crippen molar-refractivity contribution in [2.75, 3.05) is 20.1 Å². The molecule has 0 radical (unpaired) electrons. The maximum absolute atomic E-state index is 5.39. The monoisotopic (exact) mass is 224 g/mol. The third kappa shape index (κ3) is 2.33. The van der Waals surface area contributed by atoms with Gasteiger partial charge in [0.05, 0.1) is 0 Å².